The zero-order chi connectivity index (χ0) is 14.7. The van der Waals surface area contributed by atoms with E-state index in [0.717, 1.165) is 17.1 Å². The highest BCUT2D eigenvalue weighted by molar-refractivity contribution is 7.89. The van der Waals surface area contributed by atoms with Crippen LogP contribution in [0.1, 0.15) is 23.4 Å². The summed E-state index contributed by atoms with van der Waals surface area (Å²) in [6, 6.07) is 2.37. The number of nitrogens with zero attached hydrogens (tertiary/aromatic N) is 1. The second kappa shape index (κ2) is 6.27. The molecule has 0 spiro atoms. The molecular weight excluding hydrogens is 308 g/mol. The molecule has 114 valence electrons. The van der Waals surface area contributed by atoms with E-state index < -0.39 is 10.0 Å². The van der Waals surface area contributed by atoms with Gasteiger partial charge in [-0.15, -0.1) is 11.3 Å². The molecule has 1 saturated carbocycles. The Labute approximate surface area is 128 Å². The molecular formula is C13H18N4O2S2. The van der Waals surface area contributed by atoms with Crippen LogP contribution in [0.4, 0.5) is 0 Å². The van der Waals surface area contributed by atoms with Gasteiger partial charge in [-0.1, -0.05) is 0 Å². The summed E-state index contributed by atoms with van der Waals surface area (Å²) in [6.45, 7) is 1.11. The van der Waals surface area contributed by atoms with Crippen molar-refractivity contribution in [3.63, 3.8) is 0 Å². The van der Waals surface area contributed by atoms with Gasteiger partial charge in [0.05, 0.1) is 11.2 Å². The van der Waals surface area contributed by atoms with Gasteiger partial charge in [0.15, 0.2) is 0 Å². The molecule has 1 aliphatic rings. The first kappa shape index (κ1) is 14.7. The molecule has 1 fully saturated rings. The third-order valence-electron chi connectivity index (χ3n) is 3.32. The first-order valence-corrected chi connectivity index (χ1v) is 9.27. The van der Waals surface area contributed by atoms with Gasteiger partial charge in [0, 0.05) is 47.7 Å². The van der Waals surface area contributed by atoms with E-state index in [0.29, 0.717) is 23.9 Å². The first-order valence-electron chi connectivity index (χ1n) is 6.91. The van der Waals surface area contributed by atoms with Crippen LogP contribution in [0.25, 0.3) is 0 Å². The number of rotatable bonds is 8. The van der Waals surface area contributed by atoms with Crippen LogP contribution in [-0.4, -0.2) is 31.0 Å². The first-order chi connectivity index (χ1) is 10.1. The van der Waals surface area contributed by atoms with Gasteiger partial charge >= 0.3 is 0 Å². The molecule has 0 saturated heterocycles. The topological polar surface area (TPSA) is 86.9 Å². The second-order valence-electron chi connectivity index (χ2n) is 5.13. The van der Waals surface area contributed by atoms with Crippen molar-refractivity contribution in [2.45, 2.75) is 36.7 Å². The molecule has 2 heterocycles. The molecule has 0 amide bonds. The molecule has 2 aromatic rings. The van der Waals surface area contributed by atoms with E-state index in [1.165, 1.54) is 24.2 Å². The van der Waals surface area contributed by atoms with Crippen LogP contribution < -0.4 is 10.0 Å². The van der Waals surface area contributed by atoms with E-state index >= 15 is 0 Å². The molecule has 21 heavy (non-hydrogen) atoms. The Kier molecular flexibility index (Phi) is 4.39. The van der Waals surface area contributed by atoms with Gasteiger partial charge in [-0.2, -0.15) is 0 Å². The van der Waals surface area contributed by atoms with E-state index in [-0.39, 0.29) is 0 Å². The average Bonchev–Trinajstić information content (AvgIpc) is 2.93. The van der Waals surface area contributed by atoms with Crippen LogP contribution in [0.5, 0.6) is 0 Å². The quantitative estimate of drug-likeness (QED) is 0.681. The van der Waals surface area contributed by atoms with Crippen molar-refractivity contribution in [1.29, 1.82) is 0 Å². The Morgan fingerprint density at radius 2 is 2.29 bits per heavy atom. The molecule has 0 aliphatic heterocycles. The number of nitrogens with one attached hydrogen (secondary N) is 3. The van der Waals surface area contributed by atoms with E-state index in [1.807, 2.05) is 0 Å². The zero-order valence-electron chi connectivity index (χ0n) is 11.5. The molecule has 2 aromatic heterocycles. The second-order valence-corrected chi connectivity index (χ2v) is 7.89. The van der Waals surface area contributed by atoms with Gasteiger partial charge in [0.2, 0.25) is 10.0 Å². The van der Waals surface area contributed by atoms with Gasteiger partial charge in [0.25, 0.3) is 0 Å². The molecule has 8 heteroatoms. The van der Waals surface area contributed by atoms with Crippen molar-refractivity contribution in [3.8, 4) is 0 Å². The van der Waals surface area contributed by atoms with E-state index in [4.69, 9.17) is 0 Å². The Bertz CT molecular complexity index is 675. The van der Waals surface area contributed by atoms with Gasteiger partial charge in [0.1, 0.15) is 0 Å². The molecule has 1 aliphatic carbocycles. The highest BCUT2D eigenvalue weighted by atomic mass is 32.2. The molecule has 6 nitrogen and oxygen atoms in total. The summed E-state index contributed by atoms with van der Waals surface area (Å²) >= 11 is 1.48. The molecule has 0 unspecified atom stereocenters. The summed E-state index contributed by atoms with van der Waals surface area (Å²) in [5, 5.41) is 5.08. The number of sulfonamides is 1. The number of thiophene rings is 1. The molecule has 0 aromatic carbocycles. The third kappa shape index (κ3) is 4.13. The lowest BCUT2D eigenvalue weighted by Gasteiger charge is -2.03. The number of hydrogen-bond donors (Lipinski definition) is 3. The van der Waals surface area contributed by atoms with Gasteiger partial charge in [-0.3, -0.25) is 0 Å². The van der Waals surface area contributed by atoms with Gasteiger partial charge in [-0.25, -0.2) is 18.1 Å². The maximum absolute atomic E-state index is 12.2. The molecule has 0 atom stereocenters. The largest absolute Gasteiger partial charge is 0.348 e. The highest BCUT2D eigenvalue weighted by Crippen LogP contribution is 2.22. The van der Waals surface area contributed by atoms with Crippen molar-refractivity contribution in [3.05, 3.63) is 34.5 Å². The number of H-pyrrole nitrogens is 1. The van der Waals surface area contributed by atoms with Crippen molar-refractivity contribution >= 4 is 21.4 Å². The predicted octanol–water partition coefficient (Wildman–Crippen LogP) is 1.24. The highest BCUT2D eigenvalue weighted by Gasteiger charge is 2.21. The van der Waals surface area contributed by atoms with E-state index in [9.17, 15) is 8.42 Å². The summed E-state index contributed by atoms with van der Waals surface area (Å²) in [4.78, 5) is 8.25. The lowest BCUT2D eigenvalue weighted by molar-refractivity contribution is 0.581. The van der Waals surface area contributed by atoms with E-state index in [1.54, 1.807) is 24.0 Å². The lowest BCUT2D eigenvalue weighted by atomic mass is 10.3. The summed E-state index contributed by atoms with van der Waals surface area (Å²) < 4.78 is 27.0. The minimum Gasteiger partial charge on any atom is -0.348 e. The Morgan fingerprint density at radius 3 is 3.00 bits per heavy atom. The lowest BCUT2D eigenvalue weighted by Crippen LogP contribution is -2.25. The summed E-state index contributed by atoms with van der Waals surface area (Å²) in [7, 11) is -3.42. The van der Waals surface area contributed by atoms with Crippen LogP contribution in [0.2, 0.25) is 0 Å². The van der Waals surface area contributed by atoms with E-state index in [2.05, 4.69) is 20.0 Å². The zero-order valence-corrected chi connectivity index (χ0v) is 13.1. The Balaban J connectivity index is 1.53. The molecule has 0 bridgehead atoms. The SMILES string of the molecule is O=S(=O)(NCCc1cnc[nH]1)c1csc(CNC2CC2)c1. The van der Waals surface area contributed by atoms with Crippen LogP contribution in [0.15, 0.2) is 28.9 Å². The minimum absolute atomic E-state index is 0.352. The monoisotopic (exact) mass is 326 g/mol. The normalized spacial score (nSPS) is 15.4. The Morgan fingerprint density at radius 1 is 1.43 bits per heavy atom. The summed E-state index contributed by atoms with van der Waals surface area (Å²) in [6.07, 6.45) is 6.33. The standard InChI is InChI=1S/C13H18N4O2S2/c18-21(19,17-4-3-11-6-14-9-16-11)13-5-12(20-8-13)7-15-10-1-2-10/h5-6,8-10,15,17H,1-4,7H2,(H,14,16). The number of imidazole rings is 1. The maximum atomic E-state index is 12.2. The van der Waals surface area contributed by atoms with Crippen LogP contribution in [0.3, 0.4) is 0 Å². The van der Waals surface area contributed by atoms with Gasteiger partial charge < -0.3 is 10.3 Å². The van der Waals surface area contributed by atoms with Crippen molar-refractivity contribution in [1.82, 2.24) is 20.0 Å². The predicted molar refractivity (Wildman–Crippen MR) is 81.7 cm³/mol. The Hall–Kier alpha value is -1.22. The fourth-order valence-corrected chi connectivity index (χ4v) is 4.21. The molecule has 3 N–H and O–H groups in total. The molecule has 0 radical (unpaired) electrons. The third-order valence-corrected chi connectivity index (χ3v) is 5.85. The van der Waals surface area contributed by atoms with Crippen molar-refractivity contribution in [2.75, 3.05) is 6.54 Å². The van der Waals surface area contributed by atoms with Crippen molar-refractivity contribution < 1.29 is 8.42 Å². The number of aromatic amines is 1. The number of aromatic nitrogens is 2. The fourth-order valence-electron chi connectivity index (χ4n) is 1.95. The molecule has 3 rings (SSSR count). The maximum Gasteiger partial charge on any atom is 0.241 e. The van der Waals surface area contributed by atoms with Crippen LogP contribution in [0, 0.1) is 0 Å². The summed E-state index contributed by atoms with van der Waals surface area (Å²) in [5.41, 5.74) is 0.914. The van der Waals surface area contributed by atoms with Crippen LogP contribution >= 0.6 is 11.3 Å². The smallest absolute Gasteiger partial charge is 0.241 e. The summed E-state index contributed by atoms with van der Waals surface area (Å²) in [5.74, 6) is 0. The number of hydrogen-bond acceptors (Lipinski definition) is 5. The minimum atomic E-state index is -3.42. The fraction of sp³-hybridized carbons (Fsp3) is 0.462. The average molecular weight is 326 g/mol. The van der Waals surface area contributed by atoms with Crippen molar-refractivity contribution in [2.24, 2.45) is 0 Å². The van der Waals surface area contributed by atoms with Gasteiger partial charge in [-0.05, 0) is 18.9 Å². The van der Waals surface area contributed by atoms with Crippen LogP contribution in [-0.2, 0) is 23.0 Å².